The summed E-state index contributed by atoms with van der Waals surface area (Å²) >= 11 is 0. The lowest BCUT2D eigenvalue weighted by molar-refractivity contribution is -0.143. The molecule has 4 rings (SSSR count). The molecule has 0 aliphatic carbocycles. The van der Waals surface area contributed by atoms with Gasteiger partial charge in [-0.2, -0.15) is 26.3 Å². The topological polar surface area (TPSA) is 31.2 Å². The van der Waals surface area contributed by atoms with Crippen LogP contribution in [0.15, 0.2) is 72.9 Å². The van der Waals surface area contributed by atoms with Crippen LogP contribution < -0.4 is 4.74 Å². The molecule has 36 heavy (non-hydrogen) atoms. The van der Waals surface area contributed by atoms with Crippen molar-refractivity contribution >= 4 is 17.2 Å². The predicted molar refractivity (Wildman–Crippen MR) is 124 cm³/mol. The van der Waals surface area contributed by atoms with Gasteiger partial charge >= 0.3 is 12.4 Å². The molecular weight excluding hydrogens is 484 g/mol. The quantitative estimate of drug-likeness (QED) is 0.141. The standard InChI is InChI=1S/C27H21F6NO2/c28-26(29,30)21-13-20(14-22(16-21)27(31,32)33)18-7-8-25-24(15-18)19(9-11-35)17-34(25)10-4-12-36-23-5-2-1-3-6-23/h1-3,5-8,11,13-17H,4,9-10,12H2. The molecule has 3 aromatic carbocycles. The summed E-state index contributed by atoms with van der Waals surface area (Å²) in [6.07, 6.45) is -6.69. The largest absolute Gasteiger partial charge is 0.494 e. The monoisotopic (exact) mass is 505 g/mol. The Hall–Kier alpha value is -3.75. The summed E-state index contributed by atoms with van der Waals surface area (Å²) in [6.45, 7) is 0.985. The molecular formula is C27H21F6NO2. The first-order valence-electron chi connectivity index (χ1n) is 11.1. The van der Waals surface area contributed by atoms with Crippen molar-refractivity contribution in [1.82, 2.24) is 4.57 Å². The van der Waals surface area contributed by atoms with Crippen molar-refractivity contribution in [2.45, 2.75) is 31.7 Å². The number of ether oxygens (including phenoxy) is 1. The first kappa shape index (κ1) is 25.3. The average Bonchev–Trinajstić information content (AvgIpc) is 3.18. The van der Waals surface area contributed by atoms with E-state index in [1.54, 1.807) is 12.3 Å². The van der Waals surface area contributed by atoms with E-state index >= 15 is 0 Å². The molecule has 0 fully saturated rings. The molecule has 0 radical (unpaired) electrons. The third-order valence-corrected chi connectivity index (χ3v) is 5.74. The number of alkyl halides is 6. The maximum atomic E-state index is 13.3. The fourth-order valence-corrected chi connectivity index (χ4v) is 4.05. The van der Waals surface area contributed by atoms with Gasteiger partial charge in [0.2, 0.25) is 0 Å². The Morgan fingerprint density at radius 3 is 2.08 bits per heavy atom. The highest BCUT2D eigenvalue weighted by atomic mass is 19.4. The van der Waals surface area contributed by atoms with Gasteiger partial charge in [-0.15, -0.1) is 0 Å². The maximum Gasteiger partial charge on any atom is 0.416 e. The van der Waals surface area contributed by atoms with Crippen LogP contribution in [0, 0.1) is 0 Å². The van der Waals surface area contributed by atoms with Gasteiger partial charge in [0.05, 0.1) is 17.7 Å². The van der Waals surface area contributed by atoms with Crippen LogP contribution in [-0.2, 0) is 30.1 Å². The van der Waals surface area contributed by atoms with Crippen LogP contribution in [0.5, 0.6) is 5.75 Å². The lowest BCUT2D eigenvalue weighted by Gasteiger charge is -2.14. The van der Waals surface area contributed by atoms with E-state index in [9.17, 15) is 31.1 Å². The number of carbonyl (C=O) groups is 1. The number of halogens is 6. The van der Waals surface area contributed by atoms with Crippen molar-refractivity contribution in [3.05, 3.63) is 89.6 Å². The first-order chi connectivity index (χ1) is 17.1. The van der Waals surface area contributed by atoms with Gasteiger partial charge in [0.15, 0.2) is 0 Å². The Morgan fingerprint density at radius 1 is 0.806 bits per heavy atom. The summed E-state index contributed by atoms with van der Waals surface area (Å²) in [5, 5.41) is 0.592. The van der Waals surface area contributed by atoms with Gasteiger partial charge in [-0.1, -0.05) is 24.3 Å². The lowest BCUT2D eigenvalue weighted by atomic mass is 9.97. The SMILES string of the molecule is O=CCc1cn(CCCOc2ccccc2)c2ccc(-c3cc(C(F)(F)F)cc(C(F)(F)F)c3)cc12. The molecule has 0 N–H and O–H groups in total. The van der Waals surface area contributed by atoms with Crippen molar-refractivity contribution in [1.29, 1.82) is 0 Å². The number of aryl methyl sites for hydroxylation is 1. The Balaban J connectivity index is 1.66. The van der Waals surface area contributed by atoms with Gasteiger partial charge in [-0.25, -0.2) is 0 Å². The maximum absolute atomic E-state index is 13.3. The molecule has 0 spiro atoms. The molecule has 0 atom stereocenters. The molecule has 1 aromatic heterocycles. The average molecular weight is 505 g/mol. The van der Waals surface area contributed by atoms with E-state index in [2.05, 4.69) is 0 Å². The molecule has 0 saturated carbocycles. The predicted octanol–water partition coefficient (Wildman–Crippen LogP) is 7.56. The highest BCUT2D eigenvalue weighted by Gasteiger charge is 2.37. The zero-order valence-electron chi connectivity index (χ0n) is 18.9. The van der Waals surface area contributed by atoms with Gasteiger partial charge in [0, 0.05) is 30.1 Å². The lowest BCUT2D eigenvalue weighted by Crippen LogP contribution is -2.11. The van der Waals surface area contributed by atoms with Crippen LogP contribution in [-0.4, -0.2) is 17.5 Å². The smallest absolute Gasteiger partial charge is 0.416 e. The van der Waals surface area contributed by atoms with Crippen LogP contribution >= 0.6 is 0 Å². The number of hydrogen-bond acceptors (Lipinski definition) is 2. The van der Waals surface area contributed by atoms with E-state index in [-0.39, 0.29) is 23.6 Å². The van der Waals surface area contributed by atoms with Gasteiger partial charge in [-0.05, 0) is 65.6 Å². The zero-order chi connectivity index (χ0) is 25.9. The Kier molecular flexibility index (Phi) is 7.10. The highest BCUT2D eigenvalue weighted by molar-refractivity contribution is 5.90. The molecule has 4 aromatic rings. The number of aromatic nitrogens is 1. The van der Waals surface area contributed by atoms with Crippen LogP contribution in [0.3, 0.4) is 0 Å². The second-order valence-corrected chi connectivity index (χ2v) is 8.26. The summed E-state index contributed by atoms with van der Waals surface area (Å²) in [6, 6.07) is 15.4. The Labute approximate surface area is 202 Å². The third-order valence-electron chi connectivity index (χ3n) is 5.74. The normalized spacial score (nSPS) is 12.2. The minimum atomic E-state index is -4.94. The number of rotatable bonds is 8. The summed E-state index contributed by atoms with van der Waals surface area (Å²) in [4.78, 5) is 11.2. The second kappa shape index (κ2) is 10.1. The van der Waals surface area contributed by atoms with Crippen molar-refractivity contribution in [2.75, 3.05) is 6.61 Å². The van der Waals surface area contributed by atoms with Crippen LogP contribution in [0.1, 0.15) is 23.1 Å². The number of para-hydroxylation sites is 1. The van der Waals surface area contributed by atoms with E-state index in [0.29, 0.717) is 48.9 Å². The van der Waals surface area contributed by atoms with E-state index in [1.807, 2.05) is 34.9 Å². The Bertz CT molecular complexity index is 1320. The first-order valence-corrected chi connectivity index (χ1v) is 11.1. The van der Waals surface area contributed by atoms with Crippen molar-refractivity contribution in [3.8, 4) is 16.9 Å². The number of fused-ring (bicyclic) bond motifs is 1. The molecule has 3 nitrogen and oxygen atoms in total. The zero-order valence-corrected chi connectivity index (χ0v) is 18.9. The summed E-state index contributed by atoms with van der Waals surface area (Å²) in [7, 11) is 0. The van der Waals surface area contributed by atoms with Crippen LogP contribution in [0.25, 0.3) is 22.0 Å². The summed E-state index contributed by atoms with van der Waals surface area (Å²) in [5.41, 5.74) is -1.42. The summed E-state index contributed by atoms with van der Waals surface area (Å²) in [5.74, 6) is 0.737. The fraction of sp³-hybridized carbons (Fsp3) is 0.222. The number of aldehydes is 1. The molecule has 0 aliphatic rings. The van der Waals surface area contributed by atoms with Crippen molar-refractivity contribution in [2.24, 2.45) is 0 Å². The molecule has 0 saturated heterocycles. The number of hydrogen-bond donors (Lipinski definition) is 0. The minimum Gasteiger partial charge on any atom is -0.494 e. The van der Waals surface area contributed by atoms with E-state index in [4.69, 9.17) is 4.74 Å². The highest BCUT2D eigenvalue weighted by Crippen LogP contribution is 2.39. The molecule has 0 aliphatic heterocycles. The number of benzene rings is 3. The number of nitrogens with zero attached hydrogens (tertiary/aromatic N) is 1. The van der Waals surface area contributed by atoms with Crippen molar-refractivity contribution < 1.29 is 35.9 Å². The third kappa shape index (κ3) is 5.72. The fourth-order valence-electron chi connectivity index (χ4n) is 4.05. The molecule has 9 heteroatoms. The van der Waals surface area contributed by atoms with Crippen LogP contribution in [0.4, 0.5) is 26.3 Å². The molecule has 0 bridgehead atoms. The van der Waals surface area contributed by atoms with Crippen molar-refractivity contribution in [3.63, 3.8) is 0 Å². The molecule has 0 unspecified atom stereocenters. The van der Waals surface area contributed by atoms with Crippen LogP contribution in [0.2, 0.25) is 0 Å². The van der Waals surface area contributed by atoms with E-state index in [1.165, 1.54) is 12.1 Å². The van der Waals surface area contributed by atoms with E-state index in [0.717, 1.165) is 11.3 Å². The Morgan fingerprint density at radius 2 is 1.47 bits per heavy atom. The molecule has 0 amide bonds. The van der Waals surface area contributed by atoms with Gasteiger partial charge in [-0.3, -0.25) is 0 Å². The molecule has 1 heterocycles. The molecule has 188 valence electrons. The van der Waals surface area contributed by atoms with E-state index < -0.39 is 23.5 Å². The number of carbonyl (C=O) groups excluding carboxylic acids is 1. The van der Waals surface area contributed by atoms with Gasteiger partial charge < -0.3 is 14.1 Å². The van der Waals surface area contributed by atoms with Gasteiger partial charge in [0.25, 0.3) is 0 Å². The summed E-state index contributed by atoms with van der Waals surface area (Å²) < 4.78 is 87.5. The van der Waals surface area contributed by atoms with Gasteiger partial charge in [0.1, 0.15) is 12.0 Å². The second-order valence-electron chi connectivity index (χ2n) is 8.26. The minimum absolute atomic E-state index is 0.0594.